The van der Waals surface area contributed by atoms with Crippen molar-refractivity contribution >= 4 is 23.1 Å². The number of hydrogen-bond donors (Lipinski definition) is 1. The first-order chi connectivity index (χ1) is 11.8. The van der Waals surface area contributed by atoms with Crippen LogP contribution in [0, 0.1) is 0 Å². The smallest absolute Gasteiger partial charge is 0.416 e. The van der Waals surface area contributed by atoms with Gasteiger partial charge in [0.05, 0.1) is 22.9 Å². The number of carbonyl (C=O) groups excluding carboxylic acids is 1. The first kappa shape index (κ1) is 18.9. The Morgan fingerprint density at radius 2 is 1.88 bits per heavy atom. The van der Waals surface area contributed by atoms with E-state index in [1.54, 1.807) is 24.3 Å². The fourth-order valence-electron chi connectivity index (χ4n) is 2.00. The lowest BCUT2D eigenvalue weighted by Crippen LogP contribution is -2.05. The number of ether oxygens (including phenoxy) is 1. The highest BCUT2D eigenvalue weighted by Gasteiger charge is 2.30. The lowest BCUT2D eigenvalue weighted by Gasteiger charge is -2.10. The molecule has 2 aromatic carbocycles. The Morgan fingerprint density at radius 1 is 1.20 bits per heavy atom. The van der Waals surface area contributed by atoms with E-state index in [1.165, 1.54) is 12.3 Å². The van der Waals surface area contributed by atoms with E-state index in [2.05, 4.69) is 5.32 Å². The number of alkyl halides is 3. The number of benzene rings is 2. The van der Waals surface area contributed by atoms with E-state index in [-0.39, 0.29) is 16.5 Å². The number of halogens is 4. The topological polar surface area (TPSA) is 38.3 Å². The van der Waals surface area contributed by atoms with Crippen LogP contribution < -0.4 is 10.1 Å². The monoisotopic (exact) mass is 369 g/mol. The normalized spacial score (nSPS) is 11.6. The molecule has 0 aromatic heterocycles. The van der Waals surface area contributed by atoms with Crippen LogP contribution in [0.4, 0.5) is 18.9 Å². The molecule has 0 aliphatic carbocycles. The molecule has 2 rings (SSSR count). The molecule has 0 amide bonds. The average molecular weight is 370 g/mol. The van der Waals surface area contributed by atoms with Crippen LogP contribution in [0.2, 0.25) is 5.02 Å². The Bertz CT molecular complexity index is 771. The molecule has 1 N–H and O–H groups in total. The van der Waals surface area contributed by atoms with Gasteiger partial charge in [-0.1, -0.05) is 11.6 Å². The van der Waals surface area contributed by atoms with Crippen molar-refractivity contribution in [2.45, 2.75) is 13.1 Å². The fraction of sp³-hybridized carbons (Fsp3) is 0.167. The second-order valence-corrected chi connectivity index (χ2v) is 5.40. The summed E-state index contributed by atoms with van der Waals surface area (Å²) in [5, 5.41) is 2.72. The number of allylic oxidation sites excluding steroid dienone is 1. The standard InChI is InChI=1S/C18H15ClF3NO2/c1-2-25-14-6-3-12(4-7-14)17(24)9-10-23-16-11-13(18(20,21)22)5-8-15(16)19/h3-11,23H,2H2,1H3/b10-9+. The molecule has 3 nitrogen and oxygen atoms in total. The summed E-state index contributed by atoms with van der Waals surface area (Å²) >= 11 is 5.86. The van der Waals surface area contributed by atoms with Crippen LogP contribution >= 0.6 is 11.6 Å². The number of rotatable bonds is 6. The summed E-state index contributed by atoms with van der Waals surface area (Å²) in [4.78, 5) is 12.0. The summed E-state index contributed by atoms with van der Waals surface area (Å²) in [5.41, 5.74) is -0.338. The SMILES string of the molecule is CCOc1ccc(C(=O)/C=C/Nc2cc(C(F)(F)F)ccc2Cl)cc1. The predicted octanol–water partition coefficient (Wildman–Crippen LogP) is 5.57. The predicted molar refractivity (Wildman–Crippen MR) is 91.2 cm³/mol. The molecule has 132 valence electrons. The highest BCUT2D eigenvalue weighted by molar-refractivity contribution is 6.33. The maximum Gasteiger partial charge on any atom is 0.416 e. The molecule has 2 aromatic rings. The molecule has 0 aliphatic heterocycles. The van der Waals surface area contributed by atoms with Crippen LogP contribution in [0.15, 0.2) is 54.7 Å². The zero-order valence-corrected chi connectivity index (χ0v) is 14.0. The van der Waals surface area contributed by atoms with Crippen LogP contribution in [-0.2, 0) is 6.18 Å². The summed E-state index contributed by atoms with van der Waals surface area (Å²) < 4.78 is 43.4. The van der Waals surface area contributed by atoms with Crippen LogP contribution in [0.25, 0.3) is 0 Å². The van der Waals surface area contributed by atoms with E-state index in [4.69, 9.17) is 16.3 Å². The number of nitrogens with one attached hydrogen (secondary N) is 1. The van der Waals surface area contributed by atoms with Crippen LogP contribution in [0.5, 0.6) is 5.75 Å². The van der Waals surface area contributed by atoms with Gasteiger partial charge in [0.25, 0.3) is 0 Å². The van der Waals surface area contributed by atoms with Crippen molar-refractivity contribution in [3.8, 4) is 5.75 Å². The maximum absolute atomic E-state index is 12.7. The molecule has 0 spiro atoms. The van der Waals surface area contributed by atoms with Crippen molar-refractivity contribution in [1.82, 2.24) is 0 Å². The van der Waals surface area contributed by atoms with E-state index < -0.39 is 11.7 Å². The Kier molecular flexibility index (Phi) is 6.09. The van der Waals surface area contributed by atoms with Crippen molar-refractivity contribution < 1.29 is 22.7 Å². The van der Waals surface area contributed by atoms with Gasteiger partial charge in [-0.3, -0.25) is 4.79 Å². The Hall–Kier alpha value is -2.47. The minimum absolute atomic E-state index is 0.0623. The molecule has 7 heteroatoms. The molecule has 0 saturated carbocycles. The van der Waals surface area contributed by atoms with Crippen LogP contribution in [0.1, 0.15) is 22.8 Å². The zero-order valence-electron chi connectivity index (χ0n) is 13.2. The van der Waals surface area contributed by atoms with Gasteiger partial charge in [0.1, 0.15) is 5.75 Å². The van der Waals surface area contributed by atoms with Gasteiger partial charge in [0, 0.05) is 17.8 Å². The van der Waals surface area contributed by atoms with Gasteiger partial charge in [-0.05, 0) is 49.4 Å². The molecule has 0 fully saturated rings. The quantitative estimate of drug-likeness (QED) is 0.534. The van der Waals surface area contributed by atoms with E-state index in [9.17, 15) is 18.0 Å². The van der Waals surface area contributed by atoms with Gasteiger partial charge in [0.2, 0.25) is 0 Å². The van der Waals surface area contributed by atoms with Crippen LogP contribution in [-0.4, -0.2) is 12.4 Å². The van der Waals surface area contributed by atoms with Crippen molar-refractivity contribution in [1.29, 1.82) is 0 Å². The minimum Gasteiger partial charge on any atom is -0.494 e. The van der Waals surface area contributed by atoms with Gasteiger partial charge in [-0.15, -0.1) is 0 Å². The molecule has 25 heavy (non-hydrogen) atoms. The average Bonchev–Trinajstić information content (AvgIpc) is 2.56. The van der Waals surface area contributed by atoms with Crippen LogP contribution in [0.3, 0.4) is 0 Å². The Balaban J connectivity index is 2.06. The lowest BCUT2D eigenvalue weighted by atomic mass is 10.1. The number of anilines is 1. The van der Waals surface area contributed by atoms with E-state index in [1.807, 2.05) is 6.92 Å². The molecule has 0 heterocycles. The second-order valence-electron chi connectivity index (χ2n) is 4.99. The van der Waals surface area contributed by atoms with E-state index in [0.29, 0.717) is 17.9 Å². The first-order valence-electron chi connectivity index (χ1n) is 7.38. The van der Waals surface area contributed by atoms with E-state index >= 15 is 0 Å². The summed E-state index contributed by atoms with van der Waals surface area (Å²) in [6.07, 6.45) is -2.00. The summed E-state index contributed by atoms with van der Waals surface area (Å²) in [7, 11) is 0. The van der Waals surface area contributed by atoms with E-state index in [0.717, 1.165) is 18.2 Å². The molecule has 0 saturated heterocycles. The van der Waals surface area contributed by atoms with Crippen molar-refractivity contribution in [3.05, 3.63) is 70.9 Å². The molecule has 0 radical (unpaired) electrons. The molecular weight excluding hydrogens is 355 g/mol. The van der Waals surface area contributed by atoms with Gasteiger partial charge < -0.3 is 10.1 Å². The summed E-state index contributed by atoms with van der Waals surface area (Å²) in [6.45, 7) is 2.38. The van der Waals surface area contributed by atoms with Gasteiger partial charge in [-0.2, -0.15) is 13.2 Å². The third kappa shape index (κ3) is 5.26. The molecule has 0 bridgehead atoms. The van der Waals surface area contributed by atoms with Gasteiger partial charge in [-0.25, -0.2) is 0 Å². The van der Waals surface area contributed by atoms with Crippen molar-refractivity contribution in [2.24, 2.45) is 0 Å². The third-order valence-electron chi connectivity index (χ3n) is 3.22. The van der Waals surface area contributed by atoms with Gasteiger partial charge in [0.15, 0.2) is 5.78 Å². The lowest BCUT2D eigenvalue weighted by molar-refractivity contribution is -0.137. The Labute approximate surface area is 148 Å². The number of hydrogen-bond acceptors (Lipinski definition) is 3. The fourth-order valence-corrected chi connectivity index (χ4v) is 2.17. The Morgan fingerprint density at radius 3 is 2.48 bits per heavy atom. The largest absolute Gasteiger partial charge is 0.494 e. The van der Waals surface area contributed by atoms with Crippen molar-refractivity contribution in [2.75, 3.05) is 11.9 Å². The zero-order chi connectivity index (χ0) is 18.4. The number of carbonyl (C=O) groups is 1. The molecular formula is C18H15ClF3NO2. The van der Waals surface area contributed by atoms with Crippen molar-refractivity contribution in [3.63, 3.8) is 0 Å². The highest BCUT2D eigenvalue weighted by Crippen LogP contribution is 2.33. The summed E-state index contributed by atoms with van der Waals surface area (Å²) in [5.74, 6) is 0.343. The highest BCUT2D eigenvalue weighted by atomic mass is 35.5. The molecule has 0 atom stereocenters. The van der Waals surface area contributed by atoms with Gasteiger partial charge >= 0.3 is 6.18 Å². The molecule has 0 aliphatic rings. The summed E-state index contributed by atoms with van der Waals surface area (Å²) in [6, 6.07) is 9.47. The minimum atomic E-state index is -4.47. The number of ketones is 1. The molecule has 0 unspecified atom stereocenters. The third-order valence-corrected chi connectivity index (χ3v) is 3.55. The first-order valence-corrected chi connectivity index (χ1v) is 7.76. The maximum atomic E-state index is 12.7. The second kappa shape index (κ2) is 8.07.